The molecule has 1 amide bonds. The van der Waals surface area contributed by atoms with Crippen molar-refractivity contribution in [3.05, 3.63) is 90.0 Å². The van der Waals surface area contributed by atoms with Gasteiger partial charge in [-0.05, 0) is 37.1 Å². The van der Waals surface area contributed by atoms with Crippen LogP contribution in [0.4, 0.5) is 5.69 Å². The Morgan fingerprint density at radius 3 is 1.97 bits per heavy atom. The molecular weight excluding hydrogens is 362 g/mol. The van der Waals surface area contributed by atoms with Gasteiger partial charge in [-0.2, -0.15) is 0 Å². The van der Waals surface area contributed by atoms with Crippen molar-refractivity contribution in [2.45, 2.75) is 26.2 Å². The molecule has 0 heterocycles. The van der Waals surface area contributed by atoms with Crippen LogP contribution in [0.2, 0.25) is 0 Å². The third kappa shape index (κ3) is 5.61. The molecule has 4 heteroatoms. The maximum absolute atomic E-state index is 13.0. The summed E-state index contributed by atoms with van der Waals surface area (Å²) in [5.41, 5.74) is 2.85. The molecular formula is C25H27NO3. The first-order chi connectivity index (χ1) is 14.2. The third-order valence-electron chi connectivity index (χ3n) is 4.63. The molecule has 0 aromatic heterocycles. The number of carbonyl (C=O) groups is 1. The molecule has 29 heavy (non-hydrogen) atoms. The molecule has 0 radical (unpaired) electrons. The van der Waals surface area contributed by atoms with Gasteiger partial charge in [-0.15, -0.1) is 0 Å². The van der Waals surface area contributed by atoms with Crippen molar-refractivity contribution in [2.24, 2.45) is 0 Å². The topological polar surface area (TPSA) is 47.6 Å². The number of ether oxygens (including phenoxy) is 2. The Morgan fingerprint density at radius 2 is 1.41 bits per heavy atom. The van der Waals surface area contributed by atoms with Gasteiger partial charge in [-0.25, -0.2) is 0 Å². The van der Waals surface area contributed by atoms with Crippen LogP contribution >= 0.6 is 0 Å². The van der Waals surface area contributed by atoms with E-state index in [4.69, 9.17) is 9.47 Å². The van der Waals surface area contributed by atoms with E-state index in [2.05, 4.69) is 29.6 Å². The summed E-state index contributed by atoms with van der Waals surface area (Å²) in [6.45, 7) is 4.93. The van der Waals surface area contributed by atoms with E-state index in [1.165, 1.54) is 0 Å². The predicted octanol–water partition coefficient (Wildman–Crippen LogP) is 5.64. The first-order valence-corrected chi connectivity index (χ1v) is 10.0. The quantitative estimate of drug-likeness (QED) is 0.515. The minimum atomic E-state index is -0.0719. The average Bonchev–Trinajstić information content (AvgIpc) is 2.75. The van der Waals surface area contributed by atoms with Crippen LogP contribution in [-0.2, 0) is 4.79 Å². The summed E-state index contributed by atoms with van der Waals surface area (Å²) < 4.78 is 11.2. The Labute approximate surface area is 172 Å². The van der Waals surface area contributed by atoms with Crippen LogP contribution in [-0.4, -0.2) is 19.1 Å². The Hall–Kier alpha value is -3.27. The van der Waals surface area contributed by atoms with Gasteiger partial charge in [0.05, 0.1) is 18.9 Å². The van der Waals surface area contributed by atoms with Crippen LogP contribution in [0.15, 0.2) is 78.9 Å². The molecule has 0 saturated heterocycles. The number of carbonyl (C=O) groups excluding carboxylic acids is 1. The molecule has 150 valence electrons. The minimum Gasteiger partial charge on any atom is -0.494 e. The van der Waals surface area contributed by atoms with E-state index in [1.54, 1.807) is 0 Å². The smallest absolute Gasteiger partial charge is 0.225 e. The second kappa shape index (κ2) is 10.3. The highest BCUT2D eigenvalue weighted by Crippen LogP contribution is 2.32. The fourth-order valence-electron chi connectivity index (χ4n) is 3.33. The highest BCUT2D eigenvalue weighted by Gasteiger charge is 2.19. The van der Waals surface area contributed by atoms with Crippen LogP contribution in [0.25, 0.3) is 0 Å². The Balaban J connectivity index is 1.83. The van der Waals surface area contributed by atoms with Crippen LogP contribution in [0.1, 0.15) is 37.3 Å². The minimum absolute atomic E-state index is 0.0250. The molecule has 0 unspecified atom stereocenters. The standard InChI is InChI=1S/C25H27NO3/c1-3-28-21-15-16-24(29-4-2)23(17-21)26-25(27)18-22(19-11-7-5-8-12-19)20-13-9-6-10-14-20/h5-17,22H,3-4,18H2,1-2H3,(H,26,27). The van der Waals surface area contributed by atoms with Crippen molar-refractivity contribution in [1.29, 1.82) is 0 Å². The maximum Gasteiger partial charge on any atom is 0.225 e. The summed E-state index contributed by atoms with van der Waals surface area (Å²) in [6.07, 6.45) is 0.332. The lowest BCUT2D eigenvalue weighted by Gasteiger charge is -2.19. The van der Waals surface area contributed by atoms with Gasteiger partial charge in [0.1, 0.15) is 11.5 Å². The molecule has 0 spiro atoms. The number of anilines is 1. The first-order valence-electron chi connectivity index (χ1n) is 10.0. The predicted molar refractivity (Wildman–Crippen MR) is 117 cm³/mol. The molecule has 3 aromatic carbocycles. The van der Waals surface area contributed by atoms with Crippen molar-refractivity contribution < 1.29 is 14.3 Å². The van der Waals surface area contributed by atoms with Crippen molar-refractivity contribution in [3.8, 4) is 11.5 Å². The van der Waals surface area contributed by atoms with Gasteiger partial charge < -0.3 is 14.8 Å². The van der Waals surface area contributed by atoms with Crippen LogP contribution in [0, 0.1) is 0 Å². The summed E-state index contributed by atoms with van der Waals surface area (Å²) >= 11 is 0. The van der Waals surface area contributed by atoms with Gasteiger partial charge in [0.25, 0.3) is 0 Å². The summed E-state index contributed by atoms with van der Waals surface area (Å²) in [7, 11) is 0. The SMILES string of the molecule is CCOc1ccc(OCC)c(NC(=O)CC(c2ccccc2)c2ccccc2)c1. The molecule has 0 aliphatic heterocycles. The molecule has 0 fully saturated rings. The molecule has 0 aliphatic carbocycles. The zero-order valence-electron chi connectivity index (χ0n) is 16.9. The molecule has 0 atom stereocenters. The summed E-state index contributed by atoms with van der Waals surface area (Å²) in [5.74, 6) is 1.24. The zero-order chi connectivity index (χ0) is 20.5. The molecule has 3 aromatic rings. The molecule has 1 N–H and O–H groups in total. The normalized spacial score (nSPS) is 10.6. The molecule has 0 bridgehead atoms. The van der Waals surface area contributed by atoms with Crippen LogP contribution in [0.5, 0.6) is 11.5 Å². The van der Waals surface area contributed by atoms with E-state index in [9.17, 15) is 4.79 Å². The van der Waals surface area contributed by atoms with Gasteiger partial charge in [0.2, 0.25) is 5.91 Å². The van der Waals surface area contributed by atoms with E-state index in [0.29, 0.717) is 36.8 Å². The zero-order valence-corrected chi connectivity index (χ0v) is 16.9. The number of hydrogen-bond acceptors (Lipinski definition) is 3. The summed E-state index contributed by atoms with van der Waals surface area (Å²) in [4.78, 5) is 13.0. The van der Waals surface area contributed by atoms with Crippen molar-refractivity contribution >= 4 is 11.6 Å². The lowest BCUT2D eigenvalue weighted by Crippen LogP contribution is -2.17. The average molecular weight is 389 g/mol. The van der Waals surface area contributed by atoms with Crippen molar-refractivity contribution in [1.82, 2.24) is 0 Å². The van der Waals surface area contributed by atoms with Crippen LogP contribution in [0.3, 0.4) is 0 Å². The highest BCUT2D eigenvalue weighted by atomic mass is 16.5. The van der Waals surface area contributed by atoms with E-state index < -0.39 is 0 Å². The van der Waals surface area contributed by atoms with Gasteiger partial charge >= 0.3 is 0 Å². The largest absolute Gasteiger partial charge is 0.494 e. The molecule has 0 aliphatic rings. The van der Waals surface area contributed by atoms with Crippen molar-refractivity contribution in [3.63, 3.8) is 0 Å². The Bertz CT molecular complexity index is 870. The molecule has 4 nitrogen and oxygen atoms in total. The van der Waals surface area contributed by atoms with E-state index in [0.717, 1.165) is 11.1 Å². The van der Waals surface area contributed by atoms with Gasteiger partial charge in [-0.3, -0.25) is 4.79 Å². The number of hydrogen-bond donors (Lipinski definition) is 1. The second-order valence-electron chi connectivity index (χ2n) is 6.65. The fraction of sp³-hybridized carbons (Fsp3) is 0.240. The monoisotopic (exact) mass is 389 g/mol. The number of nitrogens with one attached hydrogen (secondary N) is 1. The second-order valence-corrected chi connectivity index (χ2v) is 6.65. The Kier molecular flexibility index (Phi) is 7.28. The number of amides is 1. The molecule has 0 saturated carbocycles. The fourth-order valence-corrected chi connectivity index (χ4v) is 3.33. The van der Waals surface area contributed by atoms with Crippen LogP contribution < -0.4 is 14.8 Å². The van der Waals surface area contributed by atoms with E-state index >= 15 is 0 Å². The van der Waals surface area contributed by atoms with Gasteiger partial charge in [0.15, 0.2) is 0 Å². The first kappa shape index (κ1) is 20.5. The highest BCUT2D eigenvalue weighted by molar-refractivity contribution is 5.93. The third-order valence-corrected chi connectivity index (χ3v) is 4.63. The van der Waals surface area contributed by atoms with E-state index in [1.807, 2.05) is 68.4 Å². The number of rotatable bonds is 9. The Morgan fingerprint density at radius 1 is 0.828 bits per heavy atom. The van der Waals surface area contributed by atoms with Crippen molar-refractivity contribution in [2.75, 3.05) is 18.5 Å². The summed E-state index contributed by atoms with van der Waals surface area (Å²) in [6, 6.07) is 25.7. The van der Waals surface area contributed by atoms with Gasteiger partial charge in [-0.1, -0.05) is 60.7 Å². The number of benzene rings is 3. The lowest BCUT2D eigenvalue weighted by atomic mass is 9.88. The summed E-state index contributed by atoms with van der Waals surface area (Å²) in [5, 5.41) is 3.02. The molecule has 3 rings (SSSR count). The van der Waals surface area contributed by atoms with E-state index in [-0.39, 0.29) is 11.8 Å². The lowest BCUT2D eigenvalue weighted by molar-refractivity contribution is -0.116. The maximum atomic E-state index is 13.0. The van der Waals surface area contributed by atoms with Gasteiger partial charge in [0, 0.05) is 18.4 Å².